The second kappa shape index (κ2) is 4.20. The van der Waals surface area contributed by atoms with Gasteiger partial charge in [0.2, 0.25) is 0 Å². The van der Waals surface area contributed by atoms with Crippen LogP contribution < -0.4 is 5.73 Å². The summed E-state index contributed by atoms with van der Waals surface area (Å²) in [5, 5.41) is 0.559. The van der Waals surface area contributed by atoms with Crippen LogP contribution in [0.5, 0.6) is 0 Å². The van der Waals surface area contributed by atoms with E-state index in [2.05, 4.69) is 9.97 Å². The summed E-state index contributed by atoms with van der Waals surface area (Å²) in [6.45, 7) is 3.37. The van der Waals surface area contributed by atoms with Crippen molar-refractivity contribution in [3.8, 4) is 0 Å². The van der Waals surface area contributed by atoms with Gasteiger partial charge in [0, 0.05) is 11.4 Å². The van der Waals surface area contributed by atoms with Gasteiger partial charge in [0.05, 0.1) is 16.8 Å². The highest BCUT2D eigenvalue weighted by Crippen LogP contribution is 2.32. The maximum Gasteiger partial charge on any atom is 0.416 e. The number of alkyl halides is 3. The van der Waals surface area contributed by atoms with Crippen LogP contribution in [0.15, 0.2) is 18.2 Å². The first-order valence-corrected chi connectivity index (χ1v) is 5.40. The Bertz CT molecular complexity index is 591. The molecule has 0 aliphatic heterocycles. The third-order valence-corrected chi connectivity index (χ3v) is 2.60. The van der Waals surface area contributed by atoms with Crippen LogP contribution in [0.1, 0.15) is 30.0 Å². The van der Waals surface area contributed by atoms with Crippen LogP contribution in [-0.4, -0.2) is 9.97 Å². The van der Waals surface area contributed by atoms with E-state index in [0.717, 1.165) is 12.1 Å². The number of fused-ring (bicyclic) bond motifs is 1. The van der Waals surface area contributed by atoms with Crippen LogP contribution in [-0.2, 0) is 6.18 Å². The first kappa shape index (κ1) is 12.8. The van der Waals surface area contributed by atoms with Crippen LogP contribution in [0, 0.1) is 6.92 Å². The van der Waals surface area contributed by atoms with E-state index in [-0.39, 0.29) is 11.6 Å². The number of nitrogens with zero attached hydrogens (tertiary/aromatic N) is 2. The van der Waals surface area contributed by atoms with Crippen molar-refractivity contribution >= 4 is 10.9 Å². The molecule has 18 heavy (non-hydrogen) atoms. The molecule has 2 aromatic rings. The molecule has 0 saturated carbocycles. The molecule has 3 nitrogen and oxygen atoms in total. The van der Waals surface area contributed by atoms with E-state index in [1.807, 2.05) is 0 Å². The maximum absolute atomic E-state index is 12.6. The third-order valence-electron chi connectivity index (χ3n) is 2.60. The minimum atomic E-state index is -4.37. The van der Waals surface area contributed by atoms with E-state index < -0.39 is 11.7 Å². The van der Waals surface area contributed by atoms with Crippen molar-refractivity contribution in [3.05, 3.63) is 35.3 Å². The van der Waals surface area contributed by atoms with Crippen molar-refractivity contribution in [1.29, 1.82) is 0 Å². The van der Waals surface area contributed by atoms with Crippen LogP contribution in [0.25, 0.3) is 10.9 Å². The fourth-order valence-corrected chi connectivity index (χ4v) is 1.80. The molecule has 1 aromatic heterocycles. The average Bonchev–Trinajstić information content (AvgIpc) is 2.25. The second-order valence-electron chi connectivity index (χ2n) is 4.17. The molecule has 96 valence electrons. The molecule has 1 heterocycles. The predicted molar refractivity (Wildman–Crippen MR) is 61.9 cm³/mol. The molecule has 1 aromatic carbocycles. The highest BCUT2D eigenvalue weighted by Gasteiger charge is 2.30. The lowest BCUT2D eigenvalue weighted by Crippen LogP contribution is -2.11. The Kier molecular flexibility index (Phi) is 2.98. The number of rotatable bonds is 1. The fraction of sp³-hybridized carbons (Fsp3) is 0.333. The molecule has 0 saturated heterocycles. The van der Waals surface area contributed by atoms with E-state index in [1.165, 1.54) is 6.07 Å². The molecule has 6 heteroatoms. The van der Waals surface area contributed by atoms with Gasteiger partial charge in [-0.1, -0.05) is 6.07 Å². The normalized spacial score (nSPS) is 13.9. The summed E-state index contributed by atoms with van der Waals surface area (Å²) in [6, 6.07) is 3.06. The van der Waals surface area contributed by atoms with Crippen molar-refractivity contribution in [3.63, 3.8) is 0 Å². The molecule has 0 amide bonds. The van der Waals surface area contributed by atoms with Crippen molar-refractivity contribution < 1.29 is 13.2 Å². The minimum Gasteiger partial charge on any atom is -0.323 e. The minimum absolute atomic E-state index is 0.268. The fourth-order valence-electron chi connectivity index (χ4n) is 1.80. The summed E-state index contributed by atoms with van der Waals surface area (Å²) in [5.41, 5.74) is 5.87. The van der Waals surface area contributed by atoms with E-state index in [4.69, 9.17) is 5.73 Å². The number of aromatic nitrogens is 2. The Morgan fingerprint density at radius 1 is 1.22 bits per heavy atom. The van der Waals surface area contributed by atoms with E-state index >= 15 is 0 Å². The monoisotopic (exact) mass is 255 g/mol. The van der Waals surface area contributed by atoms with Gasteiger partial charge >= 0.3 is 6.18 Å². The SMILES string of the molecule is Cc1nc(C(C)N)c2ccc(C(F)(F)F)cc2n1. The summed E-state index contributed by atoms with van der Waals surface area (Å²) in [7, 11) is 0. The molecule has 0 bridgehead atoms. The zero-order chi connectivity index (χ0) is 13.5. The van der Waals surface area contributed by atoms with Crippen LogP contribution in [0.4, 0.5) is 13.2 Å². The number of hydrogen-bond acceptors (Lipinski definition) is 3. The summed E-state index contributed by atoms with van der Waals surface area (Å²) < 4.78 is 37.8. The first-order chi connectivity index (χ1) is 8.29. The summed E-state index contributed by atoms with van der Waals surface area (Å²) >= 11 is 0. The molecule has 0 spiro atoms. The number of hydrogen-bond donors (Lipinski definition) is 1. The largest absolute Gasteiger partial charge is 0.416 e. The number of nitrogens with two attached hydrogens (primary N) is 1. The molecule has 0 fully saturated rings. The molecule has 2 rings (SSSR count). The Hall–Kier alpha value is -1.69. The Labute approximate surface area is 102 Å². The Balaban J connectivity index is 2.72. The van der Waals surface area contributed by atoms with Crippen molar-refractivity contribution in [1.82, 2.24) is 9.97 Å². The smallest absolute Gasteiger partial charge is 0.323 e. The average molecular weight is 255 g/mol. The summed E-state index contributed by atoms with van der Waals surface area (Å²) in [4.78, 5) is 8.20. The molecular weight excluding hydrogens is 243 g/mol. The van der Waals surface area contributed by atoms with E-state index in [1.54, 1.807) is 13.8 Å². The van der Waals surface area contributed by atoms with Gasteiger partial charge in [-0.15, -0.1) is 0 Å². The van der Waals surface area contributed by atoms with Gasteiger partial charge in [-0.2, -0.15) is 13.2 Å². The van der Waals surface area contributed by atoms with Gasteiger partial charge in [0.15, 0.2) is 0 Å². The lowest BCUT2D eigenvalue weighted by atomic mass is 10.1. The molecule has 0 aliphatic carbocycles. The Morgan fingerprint density at radius 3 is 2.44 bits per heavy atom. The van der Waals surface area contributed by atoms with E-state index in [9.17, 15) is 13.2 Å². The first-order valence-electron chi connectivity index (χ1n) is 5.40. The topological polar surface area (TPSA) is 51.8 Å². The molecule has 0 aliphatic rings. The van der Waals surface area contributed by atoms with Gasteiger partial charge in [-0.25, -0.2) is 9.97 Å². The zero-order valence-electron chi connectivity index (χ0n) is 9.92. The molecule has 2 N–H and O–H groups in total. The molecular formula is C12H12F3N3. The molecule has 1 atom stereocenters. The van der Waals surface area contributed by atoms with Gasteiger partial charge in [-0.05, 0) is 26.0 Å². The molecule has 1 unspecified atom stereocenters. The number of halogens is 3. The van der Waals surface area contributed by atoms with E-state index in [0.29, 0.717) is 16.9 Å². The lowest BCUT2D eigenvalue weighted by molar-refractivity contribution is -0.137. The Morgan fingerprint density at radius 2 is 1.89 bits per heavy atom. The van der Waals surface area contributed by atoms with Gasteiger partial charge < -0.3 is 5.73 Å². The maximum atomic E-state index is 12.6. The lowest BCUT2D eigenvalue weighted by Gasteiger charge is -2.12. The van der Waals surface area contributed by atoms with Crippen molar-refractivity contribution in [2.45, 2.75) is 26.1 Å². The third kappa shape index (κ3) is 2.28. The quantitative estimate of drug-likeness (QED) is 0.852. The highest BCUT2D eigenvalue weighted by atomic mass is 19.4. The van der Waals surface area contributed by atoms with Gasteiger partial charge in [0.1, 0.15) is 5.82 Å². The number of aryl methyl sites for hydroxylation is 1. The predicted octanol–water partition coefficient (Wildman–Crippen LogP) is 2.98. The van der Waals surface area contributed by atoms with Crippen molar-refractivity contribution in [2.24, 2.45) is 5.73 Å². The number of benzene rings is 1. The highest BCUT2D eigenvalue weighted by molar-refractivity contribution is 5.82. The van der Waals surface area contributed by atoms with Crippen LogP contribution in [0.2, 0.25) is 0 Å². The summed E-state index contributed by atoms with van der Waals surface area (Å²) in [5.74, 6) is 0.411. The van der Waals surface area contributed by atoms with Crippen LogP contribution in [0.3, 0.4) is 0 Å². The second-order valence-corrected chi connectivity index (χ2v) is 4.17. The van der Waals surface area contributed by atoms with Crippen molar-refractivity contribution in [2.75, 3.05) is 0 Å². The van der Waals surface area contributed by atoms with Gasteiger partial charge in [-0.3, -0.25) is 0 Å². The van der Waals surface area contributed by atoms with Gasteiger partial charge in [0.25, 0.3) is 0 Å². The zero-order valence-corrected chi connectivity index (χ0v) is 9.92. The molecule has 0 radical (unpaired) electrons. The van der Waals surface area contributed by atoms with Crippen LogP contribution >= 0.6 is 0 Å². The standard InChI is InChI=1S/C12H12F3N3/c1-6(16)11-9-4-3-8(12(13,14)15)5-10(9)17-7(2)18-11/h3-6H,16H2,1-2H3. The summed E-state index contributed by atoms with van der Waals surface area (Å²) in [6.07, 6.45) is -4.37.